The highest BCUT2D eigenvalue weighted by Crippen LogP contribution is 2.18. The van der Waals surface area contributed by atoms with Gasteiger partial charge in [-0.3, -0.25) is 4.79 Å². The first-order valence-corrected chi connectivity index (χ1v) is 11.2. The van der Waals surface area contributed by atoms with E-state index >= 15 is 0 Å². The minimum Gasteiger partial charge on any atom is -0.481 e. The lowest BCUT2D eigenvalue weighted by molar-refractivity contribution is -0.137. The van der Waals surface area contributed by atoms with E-state index in [1.807, 2.05) is 0 Å². The van der Waals surface area contributed by atoms with Crippen molar-refractivity contribution in [2.75, 3.05) is 13.2 Å². The second-order valence-corrected chi connectivity index (χ2v) is 7.71. The first-order valence-electron chi connectivity index (χ1n) is 11.2. The average molecular weight is 389 g/mol. The maximum Gasteiger partial charge on any atom is 0.303 e. The number of aliphatic hydroxyl groups excluding tert-OH is 2. The molecule has 1 aliphatic rings. The Bertz CT molecular complexity index is 312. The fourth-order valence-corrected chi connectivity index (χ4v) is 3.34. The molecule has 1 heterocycles. The van der Waals surface area contributed by atoms with E-state index in [1.165, 1.54) is 70.6 Å². The summed E-state index contributed by atoms with van der Waals surface area (Å²) in [6, 6.07) is 0. The lowest BCUT2D eigenvalue weighted by Crippen LogP contribution is -2.16. The third-order valence-electron chi connectivity index (χ3n) is 5.10. The van der Waals surface area contributed by atoms with Gasteiger partial charge in [0.2, 0.25) is 0 Å². The van der Waals surface area contributed by atoms with Crippen molar-refractivity contribution >= 4 is 5.97 Å². The minimum absolute atomic E-state index is 0.0258. The summed E-state index contributed by atoms with van der Waals surface area (Å²) in [6.07, 6.45) is 19.0. The Hall–Kier alpha value is -0.650. The van der Waals surface area contributed by atoms with Crippen molar-refractivity contribution in [3.8, 4) is 0 Å². The van der Waals surface area contributed by atoms with Crippen molar-refractivity contribution in [3.63, 3.8) is 0 Å². The quantitative estimate of drug-likeness (QED) is 0.321. The van der Waals surface area contributed by atoms with Crippen LogP contribution >= 0.6 is 0 Å². The van der Waals surface area contributed by atoms with Gasteiger partial charge < -0.3 is 20.1 Å². The fourth-order valence-electron chi connectivity index (χ4n) is 3.34. The monoisotopic (exact) mass is 388 g/mol. The number of aliphatic hydroxyl groups is 2. The molecule has 1 rings (SSSR count). The molecule has 0 aliphatic carbocycles. The van der Waals surface area contributed by atoms with Crippen molar-refractivity contribution < 1.29 is 24.9 Å². The van der Waals surface area contributed by atoms with Crippen molar-refractivity contribution in [3.05, 3.63) is 0 Å². The fraction of sp³-hybridized carbons (Fsp3) is 0.955. The van der Waals surface area contributed by atoms with Crippen molar-refractivity contribution in [2.24, 2.45) is 0 Å². The molecule has 1 saturated heterocycles. The third-order valence-corrected chi connectivity index (χ3v) is 5.10. The third kappa shape index (κ3) is 18.5. The summed E-state index contributed by atoms with van der Waals surface area (Å²) in [6.45, 7) is 2.42. The van der Waals surface area contributed by atoms with Gasteiger partial charge in [0.1, 0.15) is 0 Å². The lowest BCUT2D eigenvalue weighted by Gasteiger charge is -2.07. The predicted molar refractivity (Wildman–Crippen MR) is 110 cm³/mol. The van der Waals surface area contributed by atoms with Crippen LogP contribution < -0.4 is 0 Å². The van der Waals surface area contributed by atoms with Gasteiger partial charge in [-0.15, -0.1) is 0 Å². The summed E-state index contributed by atoms with van der Waals surface area (Å²) in [5, 5.41) is 25.6. The number of unbranched alkanes of at least 4 members (excludes halogenated alkanes) is 12. The van der Waals surface area contributed by atoms with Crippen LogP contribution in [-0.2, 0) is 9.53 Å². The van der Waals surface area contributed by atoms with Crippen LogP contribution in [0, 0.1) is 0 Å². The summed E-state index contributed by atoms with van der Waals surface area (Å²) in [4.78, 5) is 10.3. The first kappa shape index (κ1) is 26.4. The molecule has 0 amide bonds. The molecule has 0 aromatic carbocycles. The van der Waals surface area contributed by atoms with Crippen LogP contribution in [0.5, 0.6) is 0 Å². The van der Waals surface area contributed by atoms with Gasteiger partial charge >= 0.3 is 5.97 Å². The van der Waals surface area contributed by atoms with E-state index in [0.29, 0.717) is 6.42 Å². The zero-order chi connectivity index (χ0) is 20.2. The van der Waals surface area contributed by atoms with E-state index in [4.69, 9.17) is 20.1 Å². The molecule has 1 fully saturated rings. The second-order valence-electron chi connectivity index (χ2n) is 7.71. The molecule has 27 heavy (non-hydrogen) atoms. The van der Waals surface area contributed by atoms with E-state index in [9.17, 15) is 4.79 Å². The maximum atomic E-state index is 10.3. The number of carbonyl (C=O) groups is 1. The number of carboxylic acid groups (broad SMARTS) is 1. The largest absolute Gasteiger partial charge is 0.481 e. The van der Waals surface area contributed by atoms with E-state index < -0.39 is 5.97 Å². The highest BCUT2D eigenvalue weighted by molar-refractivity contribution is 5.66. The molecular weight excluding hydrogens is 344 g/mol. The molecular formula is C22H44O5. The smallest absolute Gasteiger partial charge is 0.303 e. The average Bonchev–Trinajstić information content (AvgIpc) is 3.14. The zero-order valence-corrected chi connectivity index (χ0v) is 17.5. The normalized spacial score (nSPS) is 18.9. The number of carboxylic acids is 1. The van der Waals surface area contributed by atoms with Gasteiger partial charge in [-0.25, -0.2) is 0 Å². The molecule has 2 atom stereocenters. The Morgan fingerprint density at radius 1 is 0.741 bits per heavy atom. The van der Waals surface area contributed by atoms with Gasteiger partial charge in [0.05, 0.1) is 25.4 Å². The number of aliphatic carboxylic acids is 1. The predicted octanol–water partition coefficient (Wildman–Crippen LogP) is 5.07. The topological polar surface area (TPSA) is 87.0 Å². The van der Waals surface area contributed by atoms with Gasteiger partial charge in [0.15, 0.2) is 0 Å². The van der Waals surface area contributed by atoms with Crippen LogP contribution in [0.1, 0.15) is 110 Å². The minimum atomic E-state index is -0.655. The Kier molecular flexibility index (Phi) is 19.6. The maximum absolute atomic E-state index is 10.3. The van der Waals surface area contributed by atoms with Crippen LogP contribution in [0.4, 0.5) is 0 Å². The molecule has 0 bridgehead atoms. The molecule has 5 nitrogen and oxygen atoms in total. The molecule has 2 unspecified atom stereocenters. The van der Waals surface area contributed by atoms with Gasteiger partial charge in [0, 0.05) is 6.42 Å². The van der Waals surface area contributed by atoms with E-state index in [1.54, 1.807) is 0 Å². The van der Waals surface area contributed by atoms with Crippen LogP contribution in [0.15, 0.2) is 0 Å². The Morgan fingerprint density at radius 3 is 1.41 bits per heavy atom. The van der Waals surface area contributed by atoms with Crippen LogP contribution in [0.2, 0.25) is 0 Å². The summed E-state index contributed by atoms with van der Waals surface area (Å²) < 4.78 is 5.16. The number of rotatable bonds is 16. The summed E-state index contributed by atoms with van der Waals surface area (Å²) in [5.74, 6) is -0.655. The summed E-state index contributed by atoms with van der Waals surface area (Å²) in [5.41, 5.74) is 0. The van der Waals surface area contributed by atoms with E-state index in [-0.39, 0.29) is 25.4 Å². The molecule has 3 N–H and O–H groups in total. The second kappa shape index (κ2) is 20.1. The Morgan fingerprint density at radius 2 is 1.11 bits per heavy atom. The SMILES string of the molecule is CCCCCCCCCCCCCCCC(=O)O.OCC1CCC(CO)O1. The van der Waals surface area contributed by atoms with Crippen LogP contribution in [0.3, 0.4) is 0 Å². The molecule has 0 aromatic rings. The molecule has 5 heteroatoms. The summed E-state index contributed by atoms with van der Waals surface area (Å²) >= 11 is 0. The van der Waals surface area contributed by atoms with Crippen molar-refractivity contribution in [1.29, 1.82) is 0 Å². The van der Waals surface area contributed by atoms with E-state index in [2.05, 4.69) is 6.92 Å². The molecule has 1 aliphatic heterocycles. The lowest BCUT2D eigenvalue weighted by atomic mass is 10.0. The van der Waals surface area contributed by atoms with Crippen LogP contribution in [-0.4, -0.2) is 46.7 Å². The Balaban J connectivity index is 0.000000621. The molecule has 0 spiro atoms. The van der Waals surface area contributed by atoms with Gasteiger partial charge in [0.25, 0.3) is 0 Å². The first-order chi connectivity index (χ1) is 13.1. The Labute approximate surface area is 166 Å². The van der Waals surface area contributed by atoms with Gasteiger partial charge in [-0.2, -0.15) is 0 Å². The van der Waals surface area contributed by atoms with Crippen LogP contribution in [0.25, 0.3) is 0 Å². The highest BCUT2D eigenvalue weighted by atomic mass is 16.5. The molecule has 0 aromatic heterocycles. The number of hydrogen-bond acceptors (Lipinski definition) is 4. The molecule has 0 radical (unpaired) electrons. The van der Waals surface area contributed by atoms with E-state index in [0.717, 1.165) is 25.7 Å². The zero-order valence-electron chi connectivity index (χ0n) is 17.5. The number of hydrogen-bond donors (Lipinski definition) is 3. The molecule has 162 valence electrons. The number of ether oxygens (including phenoxy) is 1. The summed E-state index contributed by atoms with van der Waals surface area (Å²) in [7, 11) is 0. The van der Waals surface area contributed by atoms with Crippen molar-refractivity contribution in [1.82, 2.24) is 0 Å². The van der Waals surface area contributed by atoms with Gasteiger partial charge in [-0.05, 0) is 19.3 Å². The standard InChI is InChI=1S/C16H32O2.C6H12O3/c1-2-3-4-5-6-7-8-9-10-11-12-13-14-15-16(17)18;7-3-5-1-2-6(4-8)9-5/h2-15H2,1H3,(H,17,18);5-8H,1-4H2. The molecule has 0 saturated carbocycles. The van der Waals surface area contributed by atoms with Gasteiger partial charge in [-0.1, -0.05) is 84.0 Å². The highest BCUT2D eigenvalue weighted by Gasteiger charge is 2.23. The van der Waals surface area contributed by atoms with Crippen molar-refractivity contribution in [2.45, 2.75) is 122 Å².